The number of halogens is 3. The monoisotopic (exact) mass is 201 g/mol. The molecule has 1 rings (SSSR count). The van der Waals surface area contributed by atoms with Gasteiger partial charge in [-0.05, 0) is 0 Å². The average molecular weight is 201 g/mol. The molecule has 0 saturated carbocycles. The van der Waals surface area contributed by atoms with Gasteiger partial charge in [-0.2, -0.15) is 5.26 Å². The Labute approximate surface area is 78.0 Å². The van der Waals surface area contributed by atoms with Gasteiger partial charge in [-0.15, -0.1) is 0 Å². The zero-order valence-electron chi connectivity index (χ0n) is 6.97. The third kappa shape index (κ3) is 1.67. The second-order valence-electron chi connectivity index (χ2n) is 2.46. The first-order valence-electron chi connectivity index (χ1n) is 3.67. The summed E-state index contributed by atoms with van der Waals surface area (Å²) in [6.07, 6.45) is -2.40. The third-order valence-corrected chi connectivity index (χ3v) is 1.67. The predicted molar refractivity (Wildman–Crippen MR) is 41.8 cm³/mol. The molecule has 74 valence electrons. The van der Waals surface area contributed by atoms with Crippen molar-refractivity contribution >= 4 is 0 Å². The number of alkyl halides is 2. The van der Waals surface area contributed by atoms with Crippen molar-refractivity contribution in [2.75, 3.05) is 0 Å². The van der Waals surface area contributed by atoms with E-state index < -0.39 is 23.4 Å². The van der Waals surface area contributed by atoms with Gasteiger partial charge in [0.1, 0.15) is 6.07 Å². The van der Waals surface area contributed by atoms with Gasteiger partial charge in [-0.1, -0.05) is 0 Å². The largest absolute Gasteiger partial charge is 0.325 e. The van der Waals surface area contributed by atoms with Crippen molar-refractivity contribution in [2.24, 2.45) is 5.73 Å². The minimum absolute atomic E-state index is 0.0239. The highest BCUT2D eigenvalue weighted by Gasteiger charge is 2.21. The van der Waals surface area contributed by atoms with Crippen LogP contribution in [0.5, 0.6) is 0 Å². The van der Waals surface area contributed by atoms with E-state index in [1.165, 1.54) is 6.07 Å². The lowest BCUT2D eigenvalue weighted by atomic mass is 10.1. The van der Waals surface area contributed by atoms with Crippen LogP contribution in [0.1, 0.15) is 23.2 Å². The van der Waals surface area contributed by atoms with Crippen molar-refractivity contribution in [3.8, 4) is 6.07 Å². The summed E-state index contributed by atoms with van der Waals surface area (Å²) < 4.78 is 37.5. The first kappa shape index (κ1) is 10.5. The first-order chi connectivity index (χ1) is 6.61. The lowest BCUT2D eigenvalue weighted by Gasteiger charge is -2.06. The Bertz CT molecular complexity index is 384. The molecular formula is C8H6F3N3. The quantitative estimate of drug-likeness (QED) is 0.788. The van der Waals surface area contributed by atoms with Crippen molar-refractivity contribution in [2.45, 2.75) is 13.0 Å². The molecule has 0 saturated heterocycles. The topological polar surface area (TPSA) is 62.7 Å². The molecule has 2 N–H and O–H groups in total. The summed E-state index contributed by atoms with van der Waals surface area (Å²) in [6, 6.07) is 1.47. The molecular weight excluding hydrogens is 195 g/mol. The molecule has 0 bridgehead atoms. The van der Waals surface area contributed by atoms with Crippen molar-refractivity contribution < 1.29 is 13.2 Å². The standard InChI is InChI=1S/C8H6F3N3/c9-5-3-14-6(2-13)4(1-12)7(5)8(10)11/h3,8H,2,13H2. The van der Waals surface area contributed by atoms with Crippen LogP contribution in [0.2, 0.25) is 0 Å². The van der Waals surface area contributed by atoms with Crippen LogP contribution in [0.25, 0.3) is 0 Å². The molecule has 0 aliphatic rings. The van der Waals surface area contributed by atoms with E-state index in [9.17, 15) is 13.2 Å². The van der Waals surface area contributed by atoms with Crippen molar-refractivity contribution in [1.29, 1.82) is 5.26 Å². The zero-order valence-corrected chi connectivity index (χ0v) is 6.97. The summed E-state index contributed by atoms with van der Waals surface area (Å²) in [7, 11) is 0. The molecule has 0 radical (unpaired) electrons. The van der Waals surface area contributed by atoms with Gasteiger partial charge in [0.15, 0.2) is 5.82 Å². The second kappa shape index (κ2) is 4.07. The Hall–Kier alpha value is -1.61. The maximum absolute atomic E-state index is 12.9. The van der Waals surface area contributed by atoms with E-state index in [-0.39, 0.29) is 12.2 Å². The molecule has 1 aromatic heterocycles. The number of aromatic nitrogens is 1. The molecule has 0 fully saturated rings. The van der Waals surface area contributed by atoms with E-state index >= 15 is 0 Å². The van der Waals surface area contributed by atoms with Gasteiger partial charge in [0.05, 0.1) is 23.0 Å². The first-order valence-corrected chi connectivity index (χ1v) is 3.67. The predicted octanol–water partition coefficient (Wildman–Crippen LogP) is 1.49. The number of hydrogen-bond acceptors (Lipinski definition) is 3. The van der Waals surface area contributed by atoms with Crippen LogP contribution in [0.15, 0.2) is 6.20 Å². The molecule has 0 aliphatic carbocycles. The Morgan fingerprint density at radius 3 is 2.64 bits per heavy atom. The zero-order chi connectivity index (χ0) is 10.7. The van der Waals surface area contributed by atoms with E-state index in [4.69, 9.17) is 11.0 Å². The summed E-state index contributed by atoms with van der Waals surface area (Å²) in [5.41, 5.74) is 3.74. The smallest absolute Gasteiger partial charge is 0.268 e. The van der Waals surface area contributed by atoms with Crippen molar-refractivity contribution in [1.82, 2.24) is 4.98 Å². The van der Waals surface area contributed by atoms with E-state index in [1.54, 1.807) is 0 Å². The molecule has 0 spiro atoms. The van der Waals surface area contributed by atoms with Crippen molar-refractivity contribution in [3.05, 3.63) is 28.8 Å². The highest BCUT2D eigenvalue weighted by molar-refractivity contribution is 5.42. The van der Waals surface area contributed by atoms with Crippen LogP contribution in [0, 0.1) is 17.1 Å². The highest BCUT2D eigenvalue weighted by Crippen LogP contribution is 2.26. The summed E-state index contributed by atoms with van der Waals surface area (Å²) in [6.45, 7) is -0.178. The maximum atomic E-state index is 12.9. The minimum Gasteiger partial charge on any atom is -0.325 e. The fourth-order valence-corrected chi connectivity index (χ4v) is 1.04. The second-order valence-corrected chi connectivity index (χ2v) is 2.46. The number of nitriles is 1. The molecule has 0 aromatic carbocycles. The van der Waals surface area contributed by atoms with Gasteiger partial charge in [-0.3, -0.25) is 4.98 Å². The van der Waals surface area contributed by atoms with Crippen LogP contribution in [0.3, 0.4) is 0 Å². The third-order valence-electron chi connectivity index (χ3n) is 1.67. The molecule has 1 heterocycles. The fourth-order valence-electron chi connectivity index (χ4n) is 1.04. The van der Waals surface area contributed by atoms with Crippen LogP contribution in [0.4, 0.5) is 13.2 Å². The number of pyridine rings is 1. The Balaban J connectivity index is 3.45. The molecule has 0 aliphatic heterocycles. The van der Waals surface area contributed by atoms with Gasteiger partial charge in [0.2, 0.25) is 0 Å². The SMILES string of the molecule is N#Cc1c(CN)ncc(F)c1C(F)F. The van der Waals surface area contributed by atoms with E-state index in [1.807, 2.05) is 0 Å². The molecule has 3 nitrogen and oxygen atoms in total. The summed E-state index contributed by atoms with van der Waals surface area (Å²) in [5, 5.41) is 8.56. The van der Waals surface area contributed by atoms with Crippen LogP contribution < -0.4 is 5.73 Å². The van der Waals surface area contributed by atoms with Gasteiger partial charge < -0.3 is 5.73 Å². The van der Waals surface area contributed by atoms with E-state index in [2.05, 4.69) is 4.98 Å². The van der Waals surface area contributed by atoms with Gasteiger partial charge in [-0.25, -0.2) is 13.2 Å². The average Bonchev–Trinajstić information content (AvgIpc) is 2.16. The lowest BCUT2D eigenvalue weighted by molar-refractivity contribution is 0.145. The highest BCUT2D eigenvalue weighted by atomic mass is 19.3. The fraction of sp³-hybridized carbons (Fsp3) is 0.250. The maximum Gasteiger partial charge on any atom is 0.268 e. The van der Waals surface area contributed by atoms with Gasteiger partial charge in [0, 0.05) is 6.54 Å². The summed E-state index contributed by atoms with van der Waals surface area (Å²) >= 11 is 0. The molecule has 14 heavy (non-hydrogen) atoms. The van der Waals surface area contributed by atoms with Crippen LogP contribution >= 0.6 is 0 Å². The van der Waals surface area contributed by atoms with Crippen LogP contribution in [-0.2, 0) is 6.54 Å². The summed E-state index contributed by atoms with van der Waals surface area (Å²) in [4.78, 5) is 3.45. The van der Waals surface area contributed by atoms with E-state index in [0.717, 1.165) is 0 Å². The molecule has 0 atom stereocenters. The Morgan fingerprint density at radius 2 is 2.21 bits per heavy atom. The Morgan fingerprint density at radius 1 is 1.57 bits per heavy atom. The normalized spacial score (nSPS) is 10.3. The van der Waals surface area contributed by atoms with Gasteiger partial charge in [0.25, 0.3) is 6.43 Å². The molecule has 0 amide bonds. The number of nitrogens with two attached hydrogens (primary N) is 1. The Kier molecular flexibility index (Phi) is 3.04. The minimum atomic E-state index is -3.04. The number of hydrogen-bond donors (Lipinski definition) is 1. The lowest BCUT2D eigenvalue weighted by Crippen LogP contribution is -2.08. The summed E-state index contributed by atoms with van der Waals surface area (Å²) in [5.74, 6) is -1.19. The molecule has 6 heteroatoms. The van der Waals surface area contributed by atoms with Crippen molar-refractivity contribution in [3.63, 3.8) is 0 Å². The number of nitrogens with zero attached hydrogens (tertiary/aromatic N) is 2. The van der Waals surface area contributed by atoms with E-state index in [0.29, 0.717) is 6.20 Å². The van der Waals surface area contributed by atoms with Crippen LogP contribution in [-0.4, -0.2) is 4.98 Å². The molecule has 0 unspecified atom stereocenters. The number of rotatable bonds is 2. The molecule has 1 aromatic rings. The van der Waals surface area contributed by atoms with Gasteiger partial charge >= 0.3 is 0 Å².